The summed E-state index contributed by atoms with van der Waals surface area (Å²) in [6, 6.07) is 10.8. The molecule has 0 fully saturated rings. The molecule has 0 saturated heterocycles. The number of rotatable bonds is 2. The Labute approximate surface area is 126 Å². The number of aromatic nitrogens is 1. The largest absolute Gasteiger partial charge is 0.421 e. The summed E-state index contributed by atoms with van der Waals surface area (Å²) in [6.45, 7) is 0. The highest BCUT2D eigenvalue weighted by atomic mass is 35.5. The minimum Gasteiger partial charge on any atom is -0.421 e. The van der Waals surface area contributed by atoms with Crippen LogP contribution in [0.1, 0.15) is 0 Å². The maximum atomic E-state index is 11.9. The molecule has 8 heteroatoms. The van der Waals surface area contributed by atoms with E-state index in [1.165, 1.54) is 36.5 Å². The van der Waals surface area contributed by atoms with Gasteiger partial charge in [0, 0.05) is 11.2 Å². The van der Waals surface area contributed by atoms with Crippen molar-refractivity contribution in [3.63, 3.8) is 0 Å². The van der Waals surface area contributed by atoms with Gasteiger partial charge in [0.25, 0.3) is 0 Å². The Morgan fingerprint density at radius 2 is 1.86 bits per heavy atom. The number of nitrogens with one attached hydrogen (secondary N) is 1. The van der Waals surface area contributed by atoms with Crippen LogP contribution < -0.4 is 10.1 Å². The summed E-state index contributed by atoms with van der Waals surface area (Å²) >= 11 is 5.70. The highest BCUT2D eigenvalue weighted by molar-refractivity contribution is 7.75. The zero-order chi connectivity index (χ0) is 15.2. The molecule has 0 saturated carbocycles. The average molecular weight is 325 g/mol. The smallest absolute Gasteiger partial charge is 0.376 e. The predicted octanol–water partition coefficient (Wildman–Crippen LogP) is 1.76. The number of esters is 1. The Kier molecular flexibility index (Phi) is 4.91. The molecule has 6 nitrogen and oxygen atoms in total. The Morgan fingerprint density at radius 3 is 2.43 bits per heavy atom. The van der Waals surface area contributed by atoms with Crippen molar-refractivity contribution in [2.45, 2.75) is 0 Å². The number of ether oxygens (including phenoxy) is 1. The van der Waals surface area contributed by atoms with Crippen molar-refractivity contribution in [2.75, 3.05) is 5.32 Å². The summed E-state index contributed by atoms with van der Waals surface area (Å²) in [5, 5.41) is 2.87. The van der Waals surface area contributed by atoms with Gasteiger partial charge in [0.1, 0.15) is 11.6 Å². The number of anilines is 1. The van der Waals surface area contributed by atoms with Crippen molar-refractivity contribution in [1.82, 2.24) is 4.98 Å². The van der Waals surface area contributed by atoms with Crippen LogP contribution in [0.15, 0.2) is 48.7 Å². The standard InChI is InChI=1S/C13H9ClN2O4S/c14-9-4-6-10(7-5-9)20-13(17)12(21(18)19)16-11-3-1-2-8-15-11/h1-8H,(H,15,16). The lowest BCUT2D eigenvalue weighted by molar-refractivity contribution is -0.126. The number of benzene rings is 1. The molecule has 1 aromatic heterocycles. The van der Waals surface area contributed by atoms with Gasteiger partial charge in [-0.3, -0.25) is 0 Å². The second kappa shape index (κ2) is 6.87. The number of hydrogen-bond donors (Lipinski definition) is 1. The van der Waals surface area contributed by atoms with Gasteiger partial charge in [-0.1, -0.05) is 17.7 Å². The molecule has 2 rings (SSSR count). The zero-order valence-electron chi connectivity index (χ0n) is 10.5. The second-order valence-corrected chi connectivity index (χ2v) is 5.06. The number of carbonyl (C=O) groups excluding carboxylic acids is 1. The Balaban J connectivity index is 2.18. The zero-order valence-corrected chi connectivity index (χ0v) is 12.1. The normalized spacial score (nSPS) is 9.76. The van der Waals surface area contributed by atoms with Gasteiger partial charge >= 0.3 is 5.97 Å². The van der Waals surface area contributed by atoms with Crippen LogP contribution in [0.25, 0.3) is 0 Å². The summed E-state index contributed by atoms with van der Waals surface area (Å²) in [6.07, 6.45) is 1.46. The van der Waals surface area contributed by atoms with Gasteiger partial charge in [-0.05, 0) is 36.4 Å². The van der Waals surface area contributed by atoms with Crippen molar-refractivity contribution in [3.05, 3.63) is 53.7 Å². The van der Waals surface area contributed by atoms with E-state index in [0.29, 0.717) is 5.02 Å². The van der Waals surface area contributed by atoms with Crippen LogP contribution in [-0.2, 0) is 15.1 Å². The molecule has 1 N–H and O–H groups in total. The molecule has 1 aromatic carbocycles. The maximum absolute atomic E-state index is 11.9. The first kappa shape index (κ1) is 15.0. The Morgan fingerprint density at radius 1 is 1.14 bits per heavy atom. The summed E-state index contributed by atoms with van der Waals surface area (Å²) in [5.74, 6) is -0.656. The highest BCUT2D eigenvalue weighted by Gasteiger charge is 2.17. The molecule has 0 aliphatic carbocycles. The van der Waals surface area contributed by atoms with E-state index in [1.807, 2.05) is 0 Å². The first-order chi connectivity index (χ1) is 10.1. The van der Waals surface area contributed by atoms with E-state index in [1.54, 1.807) is 12.1 Å². The second-order valence-electron chi connectivity index (χ2n) is 3.75. The van der Waals surface area contributed by atoms with E-state index in [9.17, 15) is 13.2 Å². The van der Waals surface area contributed by atoms with Crippen molar-refractivity contribution < 1.29 is 17.9 Å². The fraction of sp³-hybridized carbons (Fsp3) is 0. The van der Waals surface area contributed by atoms with Gasteiger partial charge in [0.05, 0.1) is 0 Å². The van der Waals surface area contributed by atoms with Crippen molar-refractivity contribution in [1.29, 1.82) is 0 Å². The monoisotopic (exact) mass is 324 g/mol. The minimum absolute atomic E-state index is 0.176. The van der Waals surface area contributed by atoms with Gasteiger partial charge in [-0.15, -0.1) is 0 Å². The quantitative estimate of drug-likeness (QED) is 0.515. The van der Waals surface area contributed by atoms with Crippen LogP contribution >= 0.6 is 11.6 Å². The number of nitrogens with zero attached hydrogens (tertiary/aromatic N) is 1. The molecule has 0 radical (unpaired) electrons. The third-order valence-electron chi connectivity index (χ3n) is 2.28. The van der Waals surface area contributed by atoms with E-state index in [4.69, 9.17) is 16.3 Å². The Hall–Kier alpha value is -2.38. The molecule has 2 aromatic rings. The van der Waals surface area contributed by atoms with Gasteiger partial charge < -0.3 is 10.1 Å². The van der Waals surface area contributed by atoms with E-state index < -0.39 is 21.3 Å². The molecule has 108 valence electrons. The van der Waals surface area contributed by atoms with Gasteiger partial charge in [-0.2, -0.15) is 8.42 Å². The summed E-state index contributed by atoms with van der Waals surface area (Å²) in [7, 11) is -2.80. The lowest BCUT2D eigenvalue weighted by atomic mass is 10.3. The van der Waals surface area contributed by atoms with Gasteiger partial charge in [0.15, 0.2) is 0 Å². The molecule has 21 heavy (non-hydrogen) atoms. The predicted molar refractivity (Wildman–Crippen MR) is 78.9 cm³/mol. The van der Waals surface area contributed by atoms with Gasteiger partial charge in [-0.25, -0.2) is 9.78 Å². The first-order valence-electron chi connectivity index (χ1n) is 5.68. The number of carbonyl (C=O) groups is 1. The molecule has 0 amide bonds. The lowest BCUT2D eigenvalue weighted by Gasteiger charge is -2.06. The van der Waals surface area contributed by atoms with Crippen LogP contribution in [0.4, 0.5) is 5.82 Å². The molecule has 0 aliphatic heterocycles. The third-order valence-corrected chi connectivity index (χ3v) is 3.14. The van der Waals surface area contributed by atoms with Crippen LogP contribution in [-0.4, -0.2) is 24.4 Å². The van der Waals surface area contributed by atoms with Crippen LogP contribution in [0, 0.1) is 0 Å². The number of halogens is 1. The van der Waals surface area contributed by atoms with Crippen molar-refractivity contribution in [2.24, 2.45) is 0 Å². The molecule has 0 aliphatic rings. The molecule has 0 unspecified atom stereocenters. The van der Waals surface area contributed by atoms with E-state index in [2.05, 4.69) is 10.3 Å². The fourth-order valence-electron chi connectivity index (χ4n) is 1.37. The summed E-state index contributed by atoms with van der Waals surface area (Å²) in [5.41, 5.74) is 0. The molecule has 1 heterocycles. The van der Waals surface area contributed by atoms with Crippen molar-refractivity contribution >= 4 is 38.7 Å². The molecular formula is C13H9ClN2O4S. The van der Waals surface area contributed by atoms with Gasteiger partial charge in [0.2, 0.25) is 15.3 Å². The van der Waals surface area contributed by atoms with Crippen molar-refractivity contribution in [3.8, 4) is 5.75 Å². The molecule has 0 atom stereocenters. The van der Waals surface area contributed by atoms with Crippen LogP contribution in [0.5, 0.6) is 5.75 Å². The molecular weight excluding hydrogens is 316 g/mol. The minimum atomic E-state index is -2.80. The van der Waals surface area contributed by atoms with Crippen LogP contribution in [0.2, 0.25) is 5.02 Å². The molecule has 0 spiro atoms. The average Bonchev–Trinajstić information content (AvgIpc) is 2.48. The van der Waals surface area contributed by atoms with E-state index in [0.717, 1.165) is 0 Å². The maximum Gasteiger partial charge on any atom is 0.376 e. The number of pyridine rings is 1. The molecule has 0 bridgehead atoms. The lowest BCUT2D eigenvalue weighted by Crippen LogP contribution is -2.29. The SMILES string of the molecule is O=C(Oc1ccc(Cl)cc1)C(Nc1ccccn1)=S(=O)=O. The topological polar surface area (TPSA) is 85.4 Å². The van der Waals surface area contributed by atoms with E-state index >= 15 is 0 Å². The van der Waals surface area contributed by atoms with E-state index in [-0.39, 0.29) is 11.6 Å². The Bertz CT molecular complexity index is 766. The third kappa shape index (κ3) is 4.30. The highest BCUT2D eigenvalue weighted by Crippen LogP contribution is 2.15. The summed E-state index contributed by atoms with van der Waals surface area (Å²) < 4.78 is 27.2. The summed E-state index contributed by atoms with van der Waals surface area (Å²) in [4.78, 5) is 15.1. The first-order valence-corrected chi connectivity index (χ1v) is 7.13. The number of hydrogen-bond acceptors (Lipinski definition) is 5. The fourth-order valence-corrected chi connectivity index (χ4v) is 1.86. The van der Waals surface area contributed by atoms with Crippen LogP contribution in [0.3, 0.4) is 0 Å².